The third-order valence-electron chi connectivity index (χ3n) is 15.2. The van der Waals surface area contributed by atoms with Gasteiger partial charge in [0, 0.05) is 74.3 Å². The lowest BCUT2D eigenvalue weighted by Crippen LogP contribution is -2.62. The molecular weight excluding hydrogens is 899 g/mol. The number of methoxy groups -OCH3 is 1. The fourth-order valence-corrected chi connectivity index (χ4v) is 11.5. The van der Waals surface area contributed by atoms with Gasteiger partial charge in [-0.15, -0.1) is 0 Å². The third kappa shape index (κ3) is 11.0. The Morgan fingerprint density at radius 2 is 1.73 bits per heavy atom. The quantitative estimate of drug-likeness (QED) is 0.156. The second kappa shape index (κ2) is 21.1. The Kier molecular flexibility index (Phi) is 15.3. The van der Waals surface area contributed by atoms with E-state index in [0.717, 1.165) is 75.8 Å². The molecule has 3 aliphatic heterocycles. The average Bonchev–Trinajstić information content (AvgIpc) is 4.09. The van der Waals surface area contributed by atoms with Crippen LogP contribution in [0.25, 0.3) is 33.3 Å². The summed E-state index contributed by atoms with van der Waals surface area (Å²) in [7, 11) is 3.38. The Morgan fingerprint density at radius 1 is 0.986 bits per heavy atom. The van der Waals surface area contributed by atoms with E-state index in [4.69, 9.17) is 19.2 Å². The second-order valence-electron chi connectivity index (χ2n) is 22.1. The van der Waals surface area contributed by atoms with Crippen molar-refractivity contribution in [3.05, 3.63) is 77.6 Å². The molecule has 4 amide bonds. The van der Waals surface area contributed by atoms with Gasteiger partial charge >= 0.3 is 12.1 Å². The van der Waals surface area contributed by atoms with Gasteiger partial charge in [0.1, 0.15) is 23.7 Å². The molecule has 8 rings (SSSR count). The van der Waals surface area contributed by atoms with E-state index in [1.807, 2.05) is 52.8 Å². The van der Waals surface area contributed by atoms with Gasteiger partial charge < -0.3 is 33.9 Å². The topological polar surface area (TPSA) is 165 Å². The zero-order chi connectivity index (χ0) is 50.9. The number of hydrazine groups is 1. The summed E-state index contributed by atoms with van der Waals surface area (Å²) < 4.78 is 20.0. The summed E-state index contributed by atoms with van der Waals surface area (Å²) in [5, 5.41) is 5.72. The van der Waals surface area contributed by atoms with Crippen LogP contribution in [0.3, 0.4) is 0 Å². The zero-order valence-corrected chi connectivity index (χ0v) is 43.5. The van der Waals surface area contributed by atoms with E-state index in [-0.39, 0.29) is 36.9 Å². The summed E-state index contributed by atoms with van der Waals surface area (Å²) in [6, 6.07) is 15.6. The first-order chi connectivity index (χ1) is 33.8. The number of nitrogens with one attached hydrogen (secondary N) is 2. The Balaban J connectivity index is 1.16. The number of hydrogen-bond acceptors (Lipinski definition) is 10. The number of nitrogens with zero attached hydrogens (tertiary/aromatic N) is 5. The maximum Gasteiger partial charge on any atom is 0.410 e. The Morgan fingerprint density at radius 3 is 2.45 bits per heavy atom. The van der Waals surface area contributed by atoms with Crippen molar-refractivity contribution in [1.29, 1.82) is 0 Å². The number of aryl methyl sites for hydroxylation is 1. The summed E-state index contributed by atoms with van der Waals surface area (Å²) in [4.78, 5) is 79.7. The minimum absolute atomic E-state index is 0.118. The number of likely N-dealkylation sites (tertiary alicyclic amines) is 1. The van der Waals surface area contributed by atoms with E-state index in [0.29, 0.717) is 45.3 Å². The molecule has 1 saturated carbocycles. The molecule has 0 radical (unpaired) electrons. The van der Waals surface area contributed by atoms with Crippen molar-refractivity contribution >= 4 is 40.7 Å². The molecule has 6 atom stereocenters. The molecule has 382 valence electrons. The maximum atomic E-state index is 15.0. The first-order valence-corrected chi connectivity index (χ1v) is 25.8. The van der Waals surface area contributed by atoms with E-state index in [1.165, 1.54) is 5.01 Å². The molecule has 1 aliphatic carbocycles. The molecule has 15 nitrogen and oxygen atoms in total. The van der Waals surface area contributed by atoms with Gasteiger partial charge in [0.25, 0.3) is 5.91 Å². The lowest BCUT2D eigenvalue weighted by Gasteiger charge is -2.37. The van der Waals surface area contributed by atoms with Crippen LogP contribution in [0.2, 0.25) is 0 Å². The predicted molar refractivity (Wildman–Crippen MR) is 273 cm³/mol. The lowest BCUT2D eigenvalue weighted by atomic mass is 9.84. The summed E-state index contributed by atoms with van der Waals surface area (Å²) in [6.07, 6.45) is 6.69. The maximum absolute atomic E-state index is 15.0. The summed E-state index contributed by atoms with van der Waals surface area (Å²) in [5.74, 6) is -2.09. The smallest absolute Gasteiger partial charge is 0.410 e. The van der Waals surface area contributed by atoms with Crippen LogP contribution < -0.4 is 10.7 Å². The number of amides is 4. The van der Waals surface area contributed by atoms with Crippen molar-refractivity contribution in [3.8, 4) is 22.4 Å². The Hall–Kier alpha value is -5.80. The van der Waals surface area contributed by atoms with Crippen molar-refractivity contribution in [1.82, 2.24) is 35.1 Å². The molecular formula is C56H75N7O8. The van der Waals surface area contributed by atoms with E-state index < -0.39 is 59.1 Å². The number of benzene rings is 2. The average molecular weight is 974 g/mol. The molecule has 3 fully saturated rings. The number of hydrogen-bond donors (Lipinski definition) is 2. The van der Waals surface area contributed by atoms with Crippen LogP contribution in [-0.2, 0) is 52.8 Å². The van der Waals surface area contributed by atoms with Crippen molar-refractivity contribution in [2.75, 3.05) is 33.9 Å². The zero-order valence-electron chi connectivity index (χ0n) is 43.5. The van der Waals surface area contributed by atoms with Crippen LogP contribution in [0.1, 0.15) is 123 Å². The van der Waals surface area contributed by atoms with Crippen LogP contribution >= 0.6 is 0 Å². The standard InChI is InChI=1S/C56H75N7O8/c1-11-61-46-24-23-39-31-42(46)43(49(61)41-21-15-26-57-47(41)35(3)69-10)32-56(7,8)33-70-53(67)44-22-16-27-63(59-44)52(66)45(30-36-17-14-20-38(39)29-36)58-50(64)48(37-18-12-13-19-37)60(9)51(65)40-25-28-62(34(40)2)54(68)71-55(4,5)6/h14-15,17,20-21,23-24,26,29,31,34-35,37,40,44-45,48,59H,11-13,16,18-19,22,25,27-28,30,32-33H2,1-10H3,(H,58,64)/t34-,35-,40+,44-,45-,48-/m0/s1. The van der Waals surface area contributed by atoms with Crippen LogP contribution in [0.4, 0.5) is 4.79 Å². The molecule has 4 aliphatic rings. The number of esters is 1. The van der Waals surface area contributed by atoms with Gasteiger partial charge in [0.15, 0.2) is 0 Å². The predicted octanol–water partition coefficient (Wildman–Crippen LogP) is 8.41. The van der Waals surface area contributed by atoms with Crippen molar-refractivity contribution < 1.29 is 38.2 Å². The number of carbonyl (C=O) groups is 5. The molecule has 5 heterocycles. The highest BCUT2D eigenvalue weighted by molar-refractivity contribution is 5.96. The van der Waals surface area contributed by atoms with Gasteiger partial charge in [-0.05, 0) is 133 Å². The van der Waals surface area contributed by atoms with Crippen molar-refractivity contribution in [3.63, 3.8) is 0 Å². The number of ether oxygens (including phenoxy) is 3. The highest BCUT2D eigenvalue weighted by Crippen LogP contribution is 2.42. The molecule has 2 saturated heterocycles. The minimum atomic E-state index is -1.04. The Labute approximate surface area is 419 Å². The molecule has 0 unspecified atom stereocenters. The van der Waals surface area contributed by atoms with E-state index in [9.17, 15) is 19.2 Å². The van der Waals surface area contributed by atoms with Crippen LogP contribution in [0.5, 0.6) is 0 Å². The van der Waals surface area contributed by atoms with Gasteiger partial charge in [-0.25, -0.2) is 10.2 Å². The SMILES string of the molecule is CCn1c(-c2cccnc2[C@H](C)OC)c2c3cc(ccc31)-c1cccc(c1)C[C@H](NC(=O)[C@H](C1CCCC1)N(C)C(=O)[C@@H]1CCN(C(=O)OC(C)(C)C)[C@H]1C)C(=O)N1CCC[C@H](N1)C(=O)OCC(C)(C)C2. The molecule has 71 heavy (non-hydrogen) atoms. The van der Waals surface area contributed by atoms with Gasteiger partial charge in [0.05, 0.1) is 30.0 Å². The highest BCUT2D eigenvalue weighted by atomic mass is 16.6. The fourth-order valence-electron chi connectivity index (χ4n) is 11.5. The van der Waals surface area contributed by atoms with Crippen molar-refractivity contribution in [2.45, 2.75) is 156 Å². The highest BCUT2D eigenvalue weighted by Gasteiger charge is 2.46. The number of cyclic esters (lactones) is 1. The van der Waals surface area contributed by atoms with Crippen LogP contribution in [0, 0.1) is 17.3 Å². The van der Waals surface area contributed by atoms with Crippen molar-refractivity contribution in [2.24, 2.45) is 17.3 Å². The van der Waals surface area contributed by atoms with Gasteiger partial charge in [-0.3, -0.25) is 29.2 Å². The first kappa shape index (κ1) is 51.6. The first-order valence-electron chi connectivity index (χ1n) is 25.8. The van der Waals surface area contributed by atoms with Gasteiger partial charge in [-0.1, -0.05) is 57.0 Å². The fraction of sp³-hybridized carbons (Fsp3) is 0.571. The molecule has 0 spiro atoms. The van der Waals surface area contributed by atoms with Gasteiger partial charge in [-0.2, -0.15) is 0 Å². The summed E-state index contributed by atoms with van der Waals surface area (Å²) >= 11 is 0. The van der Waals surface area contributed by atoms with E-state index in [1.54, 1.807) is 30.2 Å². The van der Waals surface area contributed by atoms with Crippen LogP contribution in [0.15, 0.2) is 60.8 Å². The van der Waals surface area contributed by atoms with Gasteiger partial charge in [0.2, 0.25) is 11.8 Å². The van der Waals surface area contributed by atoms with E-state index >= 15 is 4.79 Å². The number of likely N-dealkylation sites (N-methyl/N-ethyl adjacent to an activating group) is 1. The number of pyridine rings is 1. The molecule has 4 aromatic rings. The van der Waals surface area contributed by atoms with E-state index in [2.05, 4.69) is 72.5 Å². The summed E-state index contributed by atoms with van der Waals surface area (Å²) in [6.45, 7) is 17.2. The largest absolute Gasteiger partial charge is 0.464 e. The lowest BCUT2D eigenvalue weighted by molar-refractivity contribution is -0.155. The monoisotopic (exact) mass is 974 g/mol. The third-order valence-corrected chi connectivity index (χ3v) is 15.2. The number of aromatic nitrogens is 2. The molecule has 15 heteroatoms. The number of carbonyl (C=O) groups excluding carboxylic acids is 5. The van der Waals surface area contributed by atoms with Crippen LogP contribution in [-0.4, -0.2) is 118 Å². The normalized spacial score (nSPS) is 23.0. The number of fused-ring (bicyclic) bond motifs is 6. The number of rotatable bonds is 9. The molecule has 2 aromatic heterocycles. The summed E-state index contributed by atoms with van der Waals surface area (Å²) in [5.41, 5.74) is 9.87. The minimum Gasteiger partial charge on any atom is -0.464 e. The Bertz CT molecular complexity index is 2630. The molecule has 2 aromatic carbocycles. The molecule has 2 N–H and O–H groups in total. The molecule has 6 bridgehead atoms. The second-order valence-corrected chi connectivity index (χ2v) is 22.1.